The molecule has 4 atom stereocenters. The fraction of sp³-hybridized carbons (Fsp3) is 0.229. The van der Waals surface area contributed by atoms with Crippen LogP contribution in [0.15, 0.2) is 115 Å². The van der Waals surface area contributed by atoms with Crippen molar-refractivity contribution in [3.8, 4) is 11.5 Å². The minimum Gasteiger partial charge on any atom is -0.457 e. The van der Waals surface area contributed by atoms with Gasteiger partial charge in [-0.25, -0.2) is 4.79 Å². The van der Waals surface area contributed by atoms with Crippen LogP contribution in [0.5, 0.6) is 11.5 Å². The quantitative estimate of drug-likeness (QED) is 0.136. The number of hydrogen-bond donors (Lipinski definition) is 3. The number of aromatic nitrogens is 3. The number of nitrogens with one attached hydrogen (secondary N) is 2. The number of aliphatic hydroxyl groups is 1. The first-order valence-corrected chi connectivity index (χ1v) is 15.9. The van der Waals surface area contributed by atoms with Gasteiger partial charge in [-0.15, -0.1) is 10.2 Å². The van der Waals surface area contributed by atoms with Gasteiger partial charge in [-0.1, -0.05) is 73.3 Å². The number of carbonyl (C=O) groups excluding carboxylic acids is 1. The van der Waals surface area contributed by atoms with Crippen molar-refractivity contribution in [1.82, 2.24) is 14.8 Å². The van der Waals surface area contributed by atoms with Crippen molar-refractivity contribution in [3.63, 3.8) is 0 Å². The molecular weight excluding hydrogens is 602 g/mol. The van der Waals surface area contributed by atoms with E-state index in [9.17, 15) is 9.90 Å². The number of benzene rings is 4. The van der Waals surface area contributed by atoms with Crippen molar-refractivity contribution in [2.45, 2.75) is 37.2 Å². The molecule has 1 saturated heterocycles. The van der Waals surface area contributed by atoms with Crippen LogP contribution in [0.25, 0.3) is 0 Å². The molecule has 0 radical (unpaired) electrons. The molecule has 46 heavy (non-hydrogen) atoms. The number of aliphatic hydroxyl groups excluding tert-OH is 1. The minimum absolute atomic E-state index is 0.0154. The Morgan fingerprint density at radius 2 is 1.50 bits per heavy atom. The van der Waals surface area contributed by atoms with Crippen molar-refractivity contribution in [2.24, 2.45) is 13.0 Å². The van der Waals surface area contributed by atoms with E-state index < -0.39 is 6.29 Å². The van der Waals surface area contributed by atoms with E-state index in [1.807, 2.05) is 90.5 Å². The second kappa shape index (κ2) is 14.6. The molecule has 236 valence electrons. The minimum atomic E-state index is -0.622. The van der Waals surface area contributed by atoms with Gasteiger partial charge >= 0.3 is 6.03 Å². The fourth-order valence-electron chi connectivity index (χ4n) is 5.12. The average Bonchev–Trinajstić information content (AvgIpc) is 3.50. The third-order valence-electron chi connectivity index (χ3n) is 7.70. The zero-order chi connectivity index (χ0) is 31.9. The van der Waals surface area contributed by atoms with Crippen LogP contribution >= 0.6 is 11.8 Å². The summed E-state index contributed by atoms with van der Waals surface area (Å²) in [5.41, 5.74) is 3.95. The Morgan fingerprint density at radius 1 is 0.870 bits per heavy atom. The lowest BCUT2D eigenvalue weighted by Crippen LogP contribution is -2.38. The summed E-state index contributed by atoms with van der Waals surface area (Å²) < 4.78 is 20.8. The number of nitrogens with zero attached hydrogens (tertiary/aromatic N) is 3. The Kier molecular flexibility index (Phi) is 9.94. The molecule has 10 nitrogen and oxygen atoms in total. The Bertz CT molecular complexity index is 1720. The number of thioether (sulfide) groups is 1. The number of carbonyl (C=O) groups is 1. The van der Waals surface area contributed by atoms with Gasteiger partial charge in [0.05, 0.1) is 18.8 Å². The maximum Gasteiger partial charge on any atom is 0.323 e. The van der Waals surface area contributed by atoms with E-state index in [1.165, 1.54) is 0 Å². The normalized spacial score (nSPS) is 19.4. The molecule has 3 N–H and O–H groups in total. The van der Waals surface area contributed by atoms with Crippen LogP contribution in [-0.2, 0) is 23.1 Å². The van der Waals surface area contributed by atoms with Crippen LogP contribution in [0.1, 0.15) is 36.0 Å². The van der Waals surface area contributed by atoms with Crippen LogP contribution in [0.3, 0.4) is 0 Å². The molecule has 0 spiro atoms. The van der Waals surface area contributed by atoms with E-state index in [1.54, 1.807) is 42.4 Å². The van der Waals surface area contributed by atoms with Gasteiger partial charge in [-0.2, -0.15) is 0 Å². The number of para-hydroxylation sites is 1. The van der Waals surface area contributed by atoms with Crippen molar-refractivity contribution in [1.29, 1.82) is 0 Å². The molecule has 0 bridgehead atoms. The highest BCUT2D eigenvalue weighted by Crippen LogP contribution is 2.43. The molecule has 0 saturated carbocycles. The van der Waals surface area contributed by atoms with Gasteiger partial charge in [0.15, 0.2) is 11.4 Å². The van der Waals surface area contributed by atoms with Gasteiger partial charge in [0.2, 0.25) is 0 Å². The first-order valence-electron chi connectivity index (χ1n) is 14.9. The molecule has 1 aliphatic rings. The summed E-state index contributed by atoms with van der Waals surface area (Å²) in [6.45, 7) is 2.11. The second-order valence-corrected chi connectivity index (χ2v) is 12.0. The maximum absolute atomic E-state index is 12.7. The lowest BCUT2D eigenvalue weighted by atomic mass is 9.91. The number of amides is 2. The highest BCUT2D eigenvalue weighted by atomic mass is 32.2. The zero-order valence-corrected chi connectivity index (χ0v) is 26.3. The van der Waals surface area contributed by atoms with Crippen molar-refractivity contribution in [3.05, 3.63) is 126 Å². The lowest BCUT2D eigenvalue weighted by Gasteiger charge is -2.41. The molecule has 4 aromatic carbocycles. The van der Waals surface area contributed by atoms with Crippen LogP contribution in [-0.4, -0.2) is 37.8 Å². The summed E-state index contributed by atoms with van der Waals surface area (Å²) in [6.07, 6.45) is 0.683. The van der Waals surface area contributed by atoms with Crippen molar-refractivity contribution in [2.75, 3.05) is 16.4 Å². The number of aryl methyl sites for hydroxylation is 1. The third-order valence-corrected chi connectivity index (χ3v) is 8.82. The van der Waals surface area contributed by atoms with E-state index in [0.717, 1.165) is 27.6 Å². The smallest absolute Gasteiger partial charge is 0.323 e. The summed E-state index contributed by atoms with van der Waals surface area (Å²) in [6, 6.07) is 31.6. The lowest BCUT2D eigenvalue weighted by molar-refractivity contribution is -0.268. The van der Waals surface area contributed by atoms with Gasteiger partial charge in [-0.05, 0) is 59.7 Å². The monoisotopic (exact) mass is 637 g/mol. The molecule has 2 amide bonds. The summed E-state index contributed by atoms with van der Waals surface area (Å²) in [5, 5.41) is 24.2. The highest BCUT2D eigenvalue weighted by molar-refractivity contribution is 7.99. The molecule has 11 heteroatoms. The standard InChI is InChI=1S/C35H35N5O5S/c1-23-31(21-46-35-39-36-22-40(35)2)44-33(45-32(23)25-10-8-24(20-41)9-11-25)26-12-14-27(15-13-26)37-34(42)38-28-16-18-30(19-17-28)43-29-6-4-3-5-7-29/h3-19,22-23,31-33,41H,20-21H2,1-2H3,(H2,37,38,42). The third kappa shape index (κ3) is 7.75. The number of urea groups is 1. The first kappa shape index (κ1) is 31.3. The van der Waals surface area contributed by atoms with E-state index in [4.69, 9.17) is 14.2 Å². The molecule has 1 aliphatic heterocycles. The number of ether oxygens (including phenoxy) is 3. The Hall–Kier alpha value is -4.68. The zero-order valence-electron chi connectivity index (χ0n) is 25.4. The summed E-state index contributed by atoms with van der Waals surface area (Å²) in [5.74, 6) is 2.12. The fourth-order valence-corrected chi connectivity index (χ4v) is 6.17. The van der Waals surface area contributed by atoms with Gasteiger partial charge in [0.25, 0.3) is 0 Å². The first-order chi connectivity index (χ1) is 22.4. The maximum atomic E-state index is 12.7. The average molecular weight is 638 g/mol. The largest absolute Gasteiger partial charge is 0.457 e. The molecule has 1 fully saturated rings. The van der Waals surface area contributed by atoms with E-state index in [-0.39, 0.29) is 30.8 Å². The van der Waals surface area contributed by atoms with Gasteiger partial charge in [0.1, 0.15) is 17.8 Å². The molecule has 4 unspecified atom stereocenters. The predicted molar refractivity (Wildman–Crippen MR) is 177 cm³/mol. The topological polar surface area (TPSA) is 120 Å². The summed E-state index contributed by atoms with van der Waals surface area (Å²) in [7, 11) is 1.92. The van der Waals surface area contributed by atoms with Crippen LogP contribution in [0.4, 0.5) is 16.2 Å². The van der Waals surface area contributed by atoms with Gasteiger partial charge in [-0.3, -0.25) is 0 Å². The van der Waals surface area contributed by atoms with E-state index in [0.29, 0.717) is 22.9 Å². The van der Waals surface area contributed by atoms with Gasteiger partial charge < -0.3 is 34.5 Å². The van der Waals surface area contributed by atoms with Crippen LogP contribution in [0, 0.1) is 5.92 Å². The Balaban J connectivity index is 1.10. The molecule has 1 aromatic heterocycles. The van der Waals surface area contributed by atoms with E-state index in [2.05, 4.69) is 27.8 Å². The highest BCUT2D eigenvalue weighted by Gasteiger charge is 2.38. The molecule has 2 heterocycles. The molecule has 6 rings (SSSR count). The van der Waals surface area contributed by atoms with Crippen LogP contribution < -0.4 is 15.4 Å². The summed E-state index contributed by atoms with van der Waals surface area (Å²) >= 11 is 1.59. The van der Waals surface area contributed by atoms with Crippen LogP contribution in [0.2, 0.25) is 0 Å². The SMILES string of the molecule is CC1C(CSc2nncn2C)OC(c2ccc(NC(=O)Nc3ccc(Oc4ccccc4)cc3)cc2)OC1c1ccc(CO)cc1. The summed E-state index contributed by atoms with van der Waals surface area (Å²) in [4.78, 5) is 12.7. The number of rotatable bonds is 10. The predicted octanol–water partition coefficient (Wildman–Crippen LogP) is 7.33. The van der Waals surface area contributed by atoms with E-state index >= 15 is 0 Å². The second-order valence-electron chi connectivity index (χ2n) is 11.0. The molecule has 5 aromatic rings. The number of hydrogen-bond acceptors (Lipinski definition) is 8. The van der Waals surface area contributed by atoms with Crippen molar-refractivity contribution < 1.29 is 24.1 Å². The number of anilines is 2. The Morgan fingerprint density at radius 3 is 2.13 bits per heavy atom. The van der Waals surface area contributed by atoms with Crippen molar-refractivity contribution >= 4 is 29.2 Å². The Labute approximate surface area is 271 Å². The van der Waals surface area contributed by atoms with Gasteiger partial charge in [0, 0.05) is 35.7 Å². The molecular formula is C35H35N5O5S. The molecule has 0 aliphatic carbocycles.